The topological polar surface area (TPSA) is 62.6 Å². The Morgan fingerprint density at radius 1 is 1.28 bits per heavy atom. The van der Waals surface area contributed by atoms with E-state index in [1.807, 2.05) is 6.07 Å². The highest BCUT2D eigenvalue weighted by Gasteiger charge is 2.19. The third kappa shape index (κ3) is 4.70. The number of hydrogen-bond acceptors (Lipinski definition) is 4. The minimum absolute atomic E-state index is 0.162. The van der Waals surface area contributed by atoms with Gasteiger partial charge in [-0.1, -0.05) is 6.07 Å². The Labute approximate surface area is 146 Å². The lowest BCUT2D eigenvalue weighted by Gasteiger charge is -2.22. The van der Waals surface area contributed by atoms with Crippen LogP contribution in [0.4, 0.5) is 4.39 Å². The number of ether oxygens (including phenoxy) is 2. The second-order valence-corrected chi connectivity index (χ2v) is 5.56. The molecule has 0 aliphatic heterocycles. The maximum absolute atomic E-state index is 13.7. The molecule has 0 aliphatic carbocycles. The molecule has 6 heteroatoms. The number of likely N-dealkylation sites (N-methyl/N-ethyl adjacent to an activating group) is 1. The molecule has 0 fully saturated rings. The largest absolute Gasteiger partial charge is 0.494 e. The predicted molar refractivity (Wildman–Crippen MR) is 90.7 cm³/mol. The quantitative estimate of drug-likeness (QED) is 0.809. The number of rotatable bonds is 6. The van der Waals surface area contributed by atoms with Gasteiger partial charge in [0.2, 0.25) is 0 Å². The number of hydrogen-bond donors (Lipinski definition) is 0. The Morgan fingerprint density at radius 2 is 1.96 bits per heavy atom. The average molecular weight is 342 g/mol. The molecule has 25 heavy (non-hydrogen) atoms. The van der Waals surface area contributed by atoms with E-state index >= 15 is 0 Å². The fraction of sp³-hybridized carbons (Fsp3) is 0.263. The summed E-state index contributed by atoms with van der Waals surface area (Å²) in [6.45, 7) is 1.90. The van der Waals surface area contributed by atoms with Crippen LogP contribution >= 0.6 is 0 Å². The normalized spacial score (nSPS) is 11.3. The molecular formula is C19H19FN2O3. The molecule has 0 unspecified atom stereocenters. The molecule has 0 N–H and O–H groups in total. The molecule has 0 heterocycles. The first kappa shape index (κ1) is 18.3. The van der Waals surface area contributed by atoms with Crippen LogP contribution in [-0.4, -0.2) is 31.1 Å². The monoisotopic (exact) mass is 342 g/mol. The van der Waals surface area contributed by atoms with Gasteiger partial charge >= 0.3 is 0 Å². The summed E-state index contributed by atoms with van der Waals surface area (Å²) in [6.07, 6.45) is -0.707. The molecular weight excluding hydrogens is 323 g/mol. The van der Waals surface area contributed by atoms with Gasteiger partial charge in [-0.3, -0.25) is 4.79 Å². The van der Waals surface area contributed by atoms with Crippen LogP contribution < -0.4 is 9.47 Å². The van der Waals surface area contributed by atoms with Crippen LogP contribution in [0, 0.1) is 17.1 Å². The highest BCUT2D eigenvalue weighted by molar-refractivity contribution is 5.80. The Kier molecular flexibility index (Phi) is 5.96. The fourth-order valence-electron chi connectivity index (χ4n) is 2.33. The zero-order valence-corrected chi connectivity index (χ0v) is 14.3. The third-order valence-corrected chi connectivity index (χ3v) is 3.66. The summed E-state index contributed by atoms with van der Waals surface area (Å²) >= 11 is 0. The van der Waals surface area contributed by atoms with E-state index < -0.39 is 11.9 Å². The molecule has 2 aromatic carbocycles. The van der Waals surface area contributed by atoms with Crippen LogP contribution in [0.3, 0.4) is 0 Å². The highest BCUT2D eigenvalue weighted by atomic mass is 19.1. The van der Waals surface area contributed by atoms with E-state index in [9.17, 15) is 9.18 Å². The van der Waals surface area contributed by atoms with Crippen molar-refractivity contribution in [1.82, 2.24) is 4.90 Å². The Morgan fingerprint density at radius 3 is 2.52 bits per heavy atom. The van der Waals surface area contributed by atoms with Gasteiger partial charge in [-0.05, 0) is 48.9 Å². The van der Waals surface area contributed by atoms with E-state index in [0.29, 0.717) is 16.9 Å². The van der Waals surface area contributed by atoms with E-state index in [1.54, 1.807) is 44.3 Å². The minimum Gasteiger partial charge on any atom is -0.494 e. The second-order valence-electron chi connectivity index (χ2n) is 5.56. The number of methoxy groups -OCH3 is 1. The zero-order valence-electron chi connectivity index (χ0n) is 14.3. The fourth-order valence-corrected chi connectivity index (χ4v) is 2.33. The molecule has 1 amide bonds. The Hall–Kier alpha value is -3.07. The van der Waals surface area contributed by atoms with Gasteiger partial charge in [0.15, 0.2) is 17.7 Å². The lowest BCUT2D eigenvalue weighted by molar-refractivity contribution is -0.137. The smallest absolute Gasteiger partial charge is 0.263 e. The molecule has 0 saturated heterocycles. The van der Waals surface area contributed by atoms with Crippen molar-refractivity contribution in [1.29, 1.82) is 5.26 Å². The van der Waals surface area contributed by atoms with E-state index in [4.69, 9.17) is 14.7 Å². The minimum atomic E-state index is -0.707. The van der Waals surface area contributed by atoms with Gasteiger partial charge in [0.25, 0.3) is 5.91 Å². The van der Waals surface area contributed by atoms with Gasteiger partial charge in [-0.2, -0.15) is 5.26 Å². The Balaban J connectivity index is 1.98. The van der Waals surface area contributed by atoms with Crippen LogP contribution in [0.25, 0.3) is 0 Å². The first-order chi connectivity index (χ1) is 11.9. The number of amides is 1. The summed E-state index contributed by atoms with van der Waals surface area (Å²) in [4.78, 5) is 13.9. The van der Waals surface area contributed by atoms with Crippen molar-refractivity contribution < 1.29 is 18.7 Å². The van der Waals surface area contributed by atoms with Crippen molar-refractivity contribution in [3.63, 3.8) is 0 Å². The SMILES string of the molecule is COc1ccc(CN(C)C(=O)[C@@H](C)Oc2ccc(C#N)cc2)cc1F. The number of nitrogens with zero attached hydrogens (tertiary/aromatic N) is 2. The van der Waals surface area contributed by atoms with Gasteiger partial charge in [0, 0.05) is 13.6 Å². The molecule has 130 valence electrons. The number of benzene rings is 2. The van der Waals surface area contributed by atoms with Crippen LogP contribution in [0.1, 0.15) is 18.1 Å². The molecule has 0 saturated carbocycles. The van der Waals surface area contributed by atoms with E-state index in [0.717, 1.165) is 0 Å². The molecule has 5 nitrogen and oxygen atoms in total. The molecule has 0 aromatic heterocycles. The standard InChI is InChI=1S/C19H19FN2O3/c1-13(25-16-7-4-14(11-21)5-8-16)19(23)22(2)12-15-6-9-18(24-3)17(20)10-15/h4-10,13H,12H2,1-3H3/t13-/m1/s1. The maximum atomic E-state index is 13.7. The molecule has 2 rings (SSSR count). The number of carbonyl (C=O) groups excluding carboxylic acids is 1. The second kappa shape index (κ2) is 8.15. The maximum Gasteiger partial charge on any atom is 0.263 e. The average Bonchev–Trinajstić information content (AvgIpc) is 2.61. The predicted octanol–water partition coefficient (Wildman–Crippen LogP) is 3.13. The number of halogens is 1. The van der Waals surface area contributed by atoms with E-state index in [1.165, 1.54) is 24.1 Å². The number of carbonyl (C=O) groups is 1. The van der Waals surface area contributed by atoms with Crippen molar-refractivity contribution in [3.05, 3.63) is 59.4 Å². The lowest BCUT2D eigenvalue weighted by Crippen LogP contribution is -2.37. The summed E-state index contributed by atoms with van der Waals surface area (Å²) in [7, 11) is 3.03. The summed E-state index contributed by atoms with van der Waals surface area (Å²) < 4.78 is 24.2. The van der Waals surface area contributed by atoms with Crippen LogP contribution in [0.2, 0.25) is 0 Å². The summed E-state index contributed by atoms with van der Waals surface area (Å²) in [5.41, 5.74) is 1.17. The van der Waals surface area contributed by atoms with Gasteiger partial charge in [0.1, 0.15) is 5.75 Å². The van der Waals surface area contributed by atoms with Crippen LogP contribution in [-0.2, 0) is 11.3 Å². The van der Waals surface area contributed by atoms with Crippen molar-refractivity contribution >= 4 is 5.91 Å². The van der Waals surface area contributed by atoms with E-state index in [2.05, 4.69) is 0 Å². The molecule has 0 radical (unpaired) electrons. The third-order valence-electron chi connectivity index (χ3n) is 3.66. The zero-order chi connectivity index (χ0) is 18.4. The van der Waals surface area contributed by atoms with Crippen molar-refractivity contribution in [2.75, 3.05) is 14.2 Å². The summed E-state index contributed by atoms with van der Waals surface area (Å²) in [6, 6.07) is 13.1. The molecule has 2 aromatic rings. The molecule has 0 aliphatic rings. The van der Waals surface area contributed by atoms with E-state index in [-0.39, 0.29) is 18.2 Å². The van der Waals surface area contributed by atoms with Crippen molar-refractivity contribution in [3.8, 4) is 17.6 Å². The van der Waals surface area contributed by atoms with Crippen LogP contribution in [0.5, 0.6) is 11.5 Å². The summed E-state index contributed by atoms with van der Waals surface area (Å²) in [5, 5.41) is 8.78. The highest BCUT2D eigenvalue weighted by Crippen LogP contribution is 2.19. The van der Waals surface area contributed by atoms with Gasteiger partial charge in [-0.25, -0.2) is 4.39 Å². The van der Waals surface area contributed by atoms with Gasteiger partial charge in [-0.15, -0.1) is 0 Å². The van der Waals surface area contributed by atoms with Gasteiger partial charge in [0.05, 0.1) is 18.7 Å². The summed E-state index contributed by atoms with van der Waals surface area (Å²) in [5.74, 6) is -0.0395. The van der Waals surface area contributed by atoms with Crippen molar-refractivity contribution in [2.45, 2.75) is 19.6 Å². The molecule has 0 spiro atoms. The van der Waals surface area contributed by atoms with Crippen molar-refractivity contribution in [2.24, 2.45) is 0 Å². The molecule has 0 bridgehead atoms. The number of nitriles is 1. The Bertz CT molecular complexity index is 784. The lowest BCUT2D eigenvalue weighted by atomic mass is 10.2. The van der Waals surface area contributed by atoms with Crippen LogP contribution in [0.15, 0.2) is 42.5 Å². The molecule has 1 atom stereocenters. The van der Waals surface area contributed by atoms with Gasteiger partial charge < -0.3 is 14.4 Å². The first-order valence-electron chi connectivity index (χ1n) is 7.68. The first-order valence-corrected chi connectivity index (χ1v) is 7.68.